The van der Waals surface area contributed by atoms with Gasteiger partial charge in [0.2, 0.25) is 5.13 Å². The maximum Gasteiger partial charge on any atom is 0.204 e. The van der Waals surface area contributed by atoms with Crippen LogP contribution in [0.25, 0.3) is 10.2 Å². The Bertz CT molecular complexity index is 809. The number of hydrazone groups is 1. The minimum atomic E-state index is 0.160. The van der Waals surface area contributed by atoms with E-state index >= 15 is 0 Å². The number of phenols is 1. The fourth-order valence-electron chi connectivity index (χ4n) is 2.04. The summed E-state index contributed by atoms with van der Waals surface area (Å²) in [4.78, 5) is 4.45. The molecule has 0 fully saturated rings. The molecular weight excluding hydrogens is 298 g/mol. The molecule has 0 radical (unpaired) electrons. The van der Waals surface area contributed by atoms with Crippen LogP contribution in [0.1, 0.15) is 12.5 Å². The number of nitrogens with one attached hydrogen (secondary N) is 1. The van der Waals surface area contributed by atoms with E-state index in [-0.39, 0.29) is 5.75 Å². The molecule has 0 aliphatic carbocycles. The average Bonchev–Trinajstić information content (AvgIpc) is 2.96. The Hall–Kier alpha value is -2.60. The molecule has 6 heteroatoms. The van der Waals surface area contributed by atoms with Crippen LogP contribution in [-0.4, -0.2) is 22.9 Å². The highest BCUT2D eigenvalue weighted by molar-refractivity contribution is 7.22. The average molecular weight is 313 g/mol. The van der Waals surface area contributed by atoms with Crippen molar-refractivity contribution < 1.29 is 9.84 Å². The molecule has 0 atom stereocenters. The van der Waals surface area contributed by atoms with Gasteiger partial charge in [0, 0.05) is 5.56 Å². The number of ether oxygens (including phenoxy) is 1. The Balaban J connectivity index is 1.85. The van der Waals surface area contributed by atoms with Crippen LogP contribution in [0.2, 0.25) is 0 Å². The number of aromatic nitrogens is 1. The van der Waals surface area contributed by atoms with Crippen molar-refractivity contribution in [2.75, 3.05) is 12.5 Å². The number of thiazole rings is 1. The number of benzene rings is 2. The fourth-order valence-corrected chi connectivity index (χ4v) is 2.85. The van der Waals surface area contributed by atoms with Crippen molar-refractivity contribution in [3.63, 3.8) is 0 Å². The van der Waals surface area contributed by atoms with Crippen LogP contribution in [0.3, 0.4) is 0 Å². The van der Waals surface area contributed by atoms with Crippen molar-refractivity contribution in [3.05, 3.63) is 48.0 Å². The molecule has 0 saturated carbocycles. The summed E-state index contributed by atoms with van der Waals surface area (Å²) in [6.07, 6.45) is 0. The van der Waals surface area contributed by atoms with Gasteiger partial charge in [-0.25, -0.2) is 4.98 Å². The van der Waals surface area contributed by atoms with Gasteiger partial charge in [-0.3, -0.25) is 5.43 Å². The standard InChI is InChI=1S/C16H15N3O2S/c1-10(12-9-11(21-2)7-8-14(12)20)18-19-16-17-13-5-3-4-6-15(13)22-16/h3-9,20H,1-2H3,(H,17,19). The van der Waals surface area contributed by atoms with Crippen LogP contribution >= 0.6 is 11.3 Å². The number of methoxy groups -OCH3 is 1. The summed E-state index contributed by atoms with van der Waals surface area (Å²) in [5.41, 5.74) is 5.14. The van der Waals surface area contributed by atoms with E-state index < -0.39 is 0 Å². The number of anilines is 1. The number of para-hydroxylation sites is 1. The molecule has 0 saturated heterocycles. The van der Waals surface area contributed by atoms with E-state index in [1.165, 1.54) is 11.3 Å². The fraction of sp³-hybridized carbons (Fsp3) is 0.125. The molecule has 3 aromatic rings. The van der Waals surface area contributed by atoms with Crippen molar-refractivity contribution in [2.45, 2.75) is 6.92 Å². The first-order valence-electron chi connectivity index (χ1n) is 6.70. The third-order valence-corrected chi connectivity index (χ3v) is 4.15. The predicted molar refractivity (Wildman–Crippen MR) is 90.1 cm³/mol. The lowest BCUT2D eigenvalue weighted by molar-refractivity contribution is 0.412. The Kier molecular flexibility index (Phi) is 3.93. The summed E-state index contributed by atoms with van der Waals surface area (Å²) in [6.45, 7) is 1.81. The zero-order chi connectivity index (χ0) is 15.5. The van der Waals surface area contributed by atoms with Crippen LogP contribution in [0, 0.1) is 0 Å². The number of fused-ring (bicyclic) bond motifs is 1. The molecule has 112 valence electrons. The first-order chi connectivity index (χ1) is 10.7. The minimum absolute atomic E-state index is 0.160. The van der Waals surface area contributed by atoms with Crippen molar-refractivity contribution in [1.82, 2.24) is 4.98 Å². The molecule has 1 heterocycles. The molecule has 0 unspecified atom stereocenters. The first-order valence-corrected chi connectivity index (χ1v) is 7.52. The van der Waals surface area contributed by atoms with E-state index in [2.05, 4.69) is 15.5 Å². The molecule has 5 nitrogen and oxygen atoms in total. The van der Waals surface area contributed by atoms with E-state index in [1.807, 2.05) is 31.2 Å². The first kappa shape index (κ1) is 14.3. The second kappa shape index (κ2) is 6.03. The molecule has 1 aromatic heterocycles. The second-order valence-electron chi connectivity index (χ2n) is 4.68. The Morgan fingerprint density at radius 2 is 2.09 bits per heavy atom. The lowest BCUT2D eigenvalue weighted by Crippen LogP contribution is -2.00. The van der Waals surface area contributed by atoms with Gasteiger partial charge in [0.25, 0.3) is 0 Å². The number of aromatic hydroxyl groups is 1. The third-order valence-electron chi connectivity index (χ3n) is 3.21. The van der Waals surface area contributed by atoms with Crippen molar-refractivity contribution >= 4 is 32.4 Å². The van der Waals surface area contributed by atoms with Gasteiger partial charge < -0.3 is 9.84 Å². The molecule has 0 bridgehead atoms. The minimum Gasteiger partial charge on any atom is -0.507 e. The molecule has 22 heavy (non-hydrogen) atoms. The summed E-state index contributed by atoms with van der Waals surface area (Å²) in [6, 6.07) is 12.9. The quantitative estimate of drug-likeness (QED) is 0.567. The van der Waals surface area contributed by atoms with E-state index in [0.717, 1.165) is 10.2 Å². The van der Waals surface area contributed by atoms with Crippen molar-refractivity contribution in [2.24, 2.45) is 5.10 Å². The molecule has 0 amide bonds. The van der Waals surface area contributed by atoms with Gasteiger partial charge in [0.05, 0.1) is 23.0 Å². The highest BCUT2D eigenvalue weighted by Gasteiger charge is 2.07. The summed E-state index contributed by atoms with van der Waals surface area (Å²) in [5.74, 6) is 0.829. The smallest absolute Gasteiger partial charge is 0.204 e. The Morgan fingerprint density at radius 3 is 2.86 bits per heavy atom. The van der Waals surface area contributed by atoms with Crippen LogP contribution in [0.5, 0.6) is 11.5 Å². The normalized spacial score (nSPS) is 11.6. The van der Waals surface area contributed by atoms with Crippen LogP contribution in [0.4, 0.5) is 5.13 Å². The monoisotopic (exact) mass is 313 g/mol. The van der Waals surface area contributed by atoms with Gasteiger partial charge in [-0.15, -0.1) is 0 Å². The van der Waals surface area contributed by atoms with Gasteiger partial charge in [-0.2, -0.15) is 5.10 Å². The summed E-state index contributed by atoms with van der Waals surface area (Å²) < 4.78 is 6.27. The molecule has 0 aliphatic heterocycles. The second-order valence-corrected chi connectivity index (χ2v) is 5.71. The topological polar surface area (TPSA) is 66.7 Å². The van der Waals surface area contributed by atoms with Crippen molar-refractivity contribution in [1.29, 1.82) is 0 Å². The maximum absolute atomic E-state index is 9.94. The molecular formula is C16H15N3O2S. The SMILES string of the molecule is COc1ccc(O)c(C(C)=NNc2nc3ccccc3s2)c1. The van der Waals surface area contributed by atoms with Crippen molar-refractivity contribution in [3.8, 4) is 11.5 Å². The number of nitrogens with zero attached hydrogens (tertiary/aromatic N) is 2. The highest BCUT2D eigenvalue weighted by Crippen LogP contribution is 2.26. The van der Waals surface area contributed by atoms with Crippen LogP contribution in [0.15, 0.2) is 47.6 Å². The number of rotatable bonds is 4. The van der Waals surface area contributed by atoms with E-state index in [9.17, 15) is 5.11 Å². The van der Waals surface area contributed by atoms with Gasteiger partial charge in [0.15, 0.2) is 0 Å². The lowest BCUT2D eigenvalue weighted by Gasteiger charge is -2.06. The largest absolute Gasteiger partial charge is 0.507 e. The Labute approximate surface area is 131 Å². The summed E-state index contributed by atoms with van der Waals surface area (Å²) >= 11 is 1.53. The summed E-state index contributed by atoms with van der Waals surface area (Å²) in [7, 11) is 1.59. The van der Waals surface area contributed by atoms with Gasteiger partial charge in [-0.05, 0) is 37.3 Å². The predicted octanol–water partition coefficient (Wildman–Crippen LogP) is 3.85. The molecule has 3 rings (SSSR count). The van der Waals surface area contributed by atoms with Gasteiger partial charge in [0.1, 0.15) is 11.5 Å². The molecule has 0 spiro atoms. The van der Waals surface area contributed by atoms with E-state index in [4.69, 9.17) is 4.74 Å². The molecule has 2 N–H and O–H groups in total. The zero-order valence-electron chi connectivity index (χ0n) is 12.2. The summed E-state index contributed by atoms with van der Waals surface area (Å²) in [5, 5.41) is 14.9. The number of phenolic OH excluding ortho intramolecular Hbond substituents is 1. The van der Waals surface area contributed by atoms with Gasteiger partial charge in [-0.1, -0.05) is 23.5 Å². The number of hydrogen-bond donors (Lipinski definition) is 2. The van der Waals surface area contributed by atoms with Gasteiger partial charge >= 0.3 is 0 Å². The third kappa shape index (κ3) is 2.87. The number of hydrogen-bond acceptors (Lipinski definition) is 6. The van der Waals surface area contributed by atoms with E-state index in [1.54, 1.807) is 25.3 Å². The highest BCUT2D eigenvalue weighted by atomic mass is 32.1. The van der Waals surface area contributed by atoms with Crippen LogP contribution < -0.4 is 10.2 Å². The van der Waals surface area contributed by atoms with Crippen LogP contribution in [-0.2, 0) is 0 Å². The lowest BCUT2D eigenvalue weighted by atomic mass is 10.1. The maximum atomic E-state index is 9.94. The molecule has 0 aliphatic rings. The van der Waals surface area contributed by atoms with E-state index in [0.29, 0.717) is 22.2 Å². The zero-order valence-corrected chi connectivity index (χ0v) is 13.0. The molecule has 2 aromatic carbocycles. The Morgan fingerprint density at radius 1 is 1.27 bits per heavy atom.